The Labute approximate surface area is 130 Å². The lowest BCUT2D eigenvalue weighted by atomic mass is 10.1. The van der Waals surface area contributed by atoms with E-state index >= 15 is 0 Å². The fourth-order valence-corrected chi connectivity index (χ4v) is 4.17. The molecule has 0 aliphatic carbocycles. The summed E-state index contributed by atoms with van der Waals surface area (Å²) in [6, 6.07) is 10.3. The van der Waals surface area contributed by atoms with Gasteiger partial charge in [-0.15, -0.1) is 11.3 Å². The molecule has 0 aliphatic rings. The van der Waals surface area contributed by atoms with E-state index in [4.69, 9.17) is 4.74 Å². The summed E-state index contributed by atoms with van der Waals surface area (Å²) in [6.07, 6.45) is 0. The number of methoxy groups -OCH3 is 1. The average molecular weight is 441 g/mol. The van der Waals surface area contributed by atoms with Gasteiger partial charge >= 0.3 is 0 Å². The van der Waals surface area contributed by atoms with Crippen molar-refractivity contribution in [3.63, 3.8) is 0 Å². The molecule has 0 fully saturated rings. The fraction of sp³-hybridized carbons (Fsp3) is 0.167. The van der Waals surface area contributed by atoms with Gasteiger partial charge in [-0.3, -0.25) is 0 Å². The van der Waals surface area contributed by atoms with Gasteiger partial charge < -0.3 is 4.74 Å². The van der Waals surface area contributed by atoms with Crippen molar-refractivity contribution in [2.45, 2.75) is 4.83 Å². The van der Waals surface area contributed by atoms with E-state index in [2.05, 4.69) is 72.1 Å². The zero-order valence-electron chi connectivity index (χ0n) is 8.91. The van der Waals surface area contributed by atoms with Gasteiger partial charge in [0.15, 0.2) is 0 Å². The van der Waals surface area contributed by atoms with Gasteiger partial charge in [0, 0.05) is 4.88 Å². The lowest BCUT2D eigenvalue weighted by molar-refractivity contribution is 0.412. The summed E-state index contributed by atoms with van der Waals surface area (Å²) in [5, 5.41) is 0. The van der Waals surface area contributed by atoms with Gasteiger partial charge in [-0.1, -0.05) is 22.0 Å². The largest absolute Gasteiger partial charge is 0.496 e. The summed E-state index contributed by atoms with van der Waals surface area (Å²) in [6.45, 7) is 0. The Kier molecular flexibility index (Phi) is 4.69. The standard InChI is InChI=1S/C12H9Br3OS/c1-16-9-3-2-7(6-8(9)13)12(15)10-4-5-11(14)17-10/h2-6,12H,1H3. The molecule has 5 heteroatoms. The van der Waals surface area contributed by atoms with Crippen molar-refractivity contribution in [3.05, 3.63) is 49.0 Å². The quantitative estimate of drug-likeness (QED) is 0.551. The Morgan fingerprint density at radius 1 is 1.18 bits per heavy atom. The van der Waals surface area contributed by atoms with Gasteiger partial charge in [0.1, 0.15) is 5.75 Å². The van der Waals surface area contributed by atoms with Crippen LogP contribution in [-0.2, 0) is 0 Å². The minimum atomic E-state index is 0.209. The molecule has 2 rings (SSSR count). The molecule has 0 spiro atoms. The van der Waals surface area contributed by atoms with E-state index in [0.29, 0.717) is 0 Å². The monoisotopic (exact) mass is 438 g/mol. The SMILES string of the molecule is COc1ccc(C(Br)c2ccc(Br)s2)cc1Br. The second-order valence-corrected chi connectivity index (χ2v) is 7.66. The first-order valence-electron chi connectivity index (χ1n) is 4.84. The molecule has 2 aromatic rings. The van der Waals surface area contributed by atoms with Gasteiger partial charge in [0.05, 0.1) is 20.2 Å². The third-order valence-electron chi connectivity index (χ3n) is 2.31. The summed E-state index contributed by atoms with van der Waals surface area (Å²) < 4.78 is 7.34. The molecule has 1 unspecified atom stereocenters. The maximum absolute atomic E-state index is 5.22. The molecule has 0 N–H and O–H groups in total. The minimum Gasteiger partial charge on any atom is -0.496 e. The van der Waals surface area contributed by atoms with Gasteiger partial charge in [-0.2, -0.15) is 0 Å². The van der Waals surface area contributed by atoms with Crippen molar-refractivity contribution in [3.8, 4) is 5.75 Å². The van der Waals surface area contributed by atoms with Crippen LogP contribution in [0, 0.1) is 0 Å². The van der Waals surface area contributed by atoms with Crippen LogP contribution < -0.4 is 4.74 Å². The highest BCUT2D eigenvalue weighted by atomic mass is 79.9. The molecule has 0 bridgehead atoms. The highest BCUT2D eigenvalue weighted by Gasteiger charge is 2.14. The Hall–Kier alpha value is 0.160. The molecule has 1 heterocycles. The summed E-state index contributed by atoms with van der Waals surface area (Å²) in [7, 11) is 1.67. The number of thiophene rings is 1. The van der Waals surface area contributed by atoms with Gasteiger partial charge in [-0.25, -0.2) is 0 Å². The summed E-state index contributed by atoms with van der Waals surface area (Å²) in [4.78, 5) is 1.48. The maximum atomic E-state index is 5.22. The lowest BCUT2D eigenvalue weighted by Crippen LogP contribution is -1.91. The maximum Gasteiger partial charge on any atom is 0.133 e. The van der Waals surface area contributed by atoms with E-state index in [1.165, 1.54) is 10.4 Å². The van der Waals surface area contributed by atoms with Crippen LogP contribution in [0.1, 0.15) is 15.3 Å². The van der Waals surface area contributed by atoms with Crippen molar-refractivity contribution in [1.82, 2.24) is 0 Å². The molecule has 0 amide bonds. The van der Waals surface area contributed by atoms with E-state index in [1.54, 1.807) is 18.4 Å². The van der Waals surface area contributed by atoms with Crippen LogP contribution in [0.2, 0.25) is 0 Å². The lowest BCUT2D eigenvalue weighted by Gasteiger charge is -2.10. The molecule has 1 atom stereocenters. The van der Waals surface area contributed by atoms with Gasteiger partial charge in [0.25, 0.3) is 0 Å². The van der Waals surface area contributed by atoms with Crippen LogP contribution in [0.15, 0.2) is 38.6 Å². The van der Waals surface area contributed by atoms with E-state index < -0.39 is 0 Å². The number of rotatable bonds is 3. The smallest absolute Gasteiger partial charge is 0.133 e. The minimum absolute atomic E-state index is 0.209. The zero-order valence-corrected chi connectivity index (χ0v) is 14.5. The zero-order chi connectivity index (χ0) is 12.4. The number of hydrogen-bond donors (Lipinski definition) is 0. The highest BCUT2D eigenvalue weighted by molar-refractivity contribution is 9.11. The van der Waals surface area contributed by atoms with Crippen LogP contribution in [0.3, 0.4) is 0 Å². The Bertz CT molecular complexity index is 524. The van der Waals surface area contributed by atoms with E-state index in [1.807, 2.05) is 6.07 Å². The van der Waals surface area contributed by atoms with Gasteiger partial charge in [-0.05, 0) is 61.7 Å². The summed E-state index contributed by atoms with van der Waals surface area (Å²) in [5.74, 6) is 0.848. The van der Waals surface area contributed by atoms with Crippen LogP contribution in [0.4, 0.5) is 0 Å². The molecule has 0 aliphatic heterocycles. The second-order valence-electron chi connectivity index (χ2n) is 3.40. The number of alkyl halides is 1. The predicted octanol–water partition coefficient (Wildman–Crippen LogP) is 5.77. The molecule has 0 saturated heterocycles. The molecule has 0 saturated carbocycles. The molecule has 0 radical (unpaired) electrons. The fourth-order valence-electron chi connectivity index (χ4n) is 1.47. The second kappa shape index (κ2) is 5.87. The van der Waals surface area contributed by atoms with Crippen molar-refractivity contribution < 1.29 is 4.74 Å². The Morgan fingerprint density at radius 2 is 1.94 bits per heavy atom. The highest BCUT2D eigenvalue weighted by Crippen LogP contribution is 2.39. The Morgan fingerprint density at radius 3 is 2.47 bits per heavy atom. The van der Waals surface area contributed by atoms with Crippen LogP contribution in [-0.4, -0.2) is 7.11 Å². The first kappa shape index (κ1) is 13.6. The van der Waals surface area contributed by atoms with Crippen molar-refractivity contribution >= 4 is 59.1 Å². The molecule has 17 heavy (non-hydrogen) atoms. The molecule has 1 aromatic heterocycles. The van der Waals surface area contributed by atoms with E-state index in [0.717, 1.165) is 14.0 Å². The molecule has 1 nitrogen and oxygen atoms in total. The molecular weight excluding hydrogens is 432 g/mol. The summed E-state index contributed by atoms with van der Waals surface area (Å²) >= 11 is 12.4. The van der Waals surface area contributed by atoms with E-state index in [-0.39, 0.29) is 4.83 Å². The third-order valence-corrected chi connectivity index (χ3v) is 5.95. The van der Waals surface area contributed by atoms with Crippen LogP contribution >= 0.6 is 59.1 Å². The number of hydrogen-bond acceptors (Lipinski definition) is 2. The first-order valence-corrected chi connectivity index (χ1v) is 8.16. The Balaban J connectivity index is 2.31. The normalized spacial score (nSPS) is 12.5. The van der Waals surface area contributed by atoms with Crippen LogP contribution in [0.5, 0.6) is 5.75 Å². The van der Waals surface area contributed by atoms with Crippen molar-refractivity contribution in [2.75, 3.05) is 7.11 Å². The van der Waals surface area contributed by atoms with Crippen molar-refractivity contribution in [2.24, 2.45) is 0 Å². The number of benzene rings is 1. The number of halogens is 3. The molecule has 1 aromatic carbocycles. The predicted molar refractivity (Wildman–Crippen MR) is 83.5 cm³/mol. The van der Waals surface area contributed by atoms with E-state index in [9.17, 15) is 0 Å². The van der Waals surface area contributed by atoms with Crippen LogP contribution in [0.25, 0.3) is 0 Å². The molecule has 90 valence electrons. The topological polar surface area (TPSA) is 9.23 Å². The third kappa shape index (κ3) is 3.13. The average Bonchev–Trinajstić information content (AvgIpc) is 2.75. The first-order chi connectivity index (χ1) is 8.11. The van der Waals surface area contributed by atoms with Gasteiger partial charge in [0.2, 0.25) is 0 Å². The van der Waals surface area contributed by atoms with Crippen molar-refractivity contribution in [1.29, 1.82) is 0 Å². The summed E-state index contributed by atoms with van der Waals surface area (Å²) in [5.41, 5.74) is 1.20. The number of ether oxygens (including phenoxy) is 1. The molecular formula is C12H9Br3OS.